The van der Waals surface area contributed by atoms with Crippen LogP contribution in [0.2, 0.25) is 0 Å². The summed E-state index contributed by atoms with van der Waals surface area (Å²) in [5.74, 6) is 1.73. The summed E-state index contributed by atoms with van der Waals surface area (Å²) < 4.78 is 5.63. The molecule has 90 valence electrons. The van der Waals surface area contributed by atoms with Gasteiger partial charge in [-0.05, 0) is 24.0 Å². The van der Waals surface area contributed by atoms with Crippen LogP contribution in [0.1, 0.15) is 38.4 Å². The molecule has 1 aromatic rings. The lowest BCUT2D eigenvalue weighted by Crippen LogP contribution is -2.07. The van der Waals surface area contributed by atoms with E-state index in [2.05, 4.69) is 31.8 Å². The van der Waals surface area contributed by atoms with E-state index in [1.165, 1.54) is 0 Å². The highest BCUT2D eigenvalue weighted by Gasteiger charge is 2.04. The minimum atomic E-state index is 0.510. The molecule has 0 aliphatic carbocycles. The lowest BCUT2D eigenvalue weighted by molar-refractivity contribution is 0.260. The Morgan fingerprint density at radius 3 is 2.69 bits per heavy atom. The highest BCUT2D eigenvalue weighted by atomic mass is 35.5. The van der Waals surface area contributed by atoms with Crippen LogP contribution in [0.25, 0.3) is 0 Å². The number of aromatic nitrogens is 1. The fourth-order valence-corrected chi connectivity index (χ4v) is 1.56. The second-order valence-electron chi connectivity index (χ2n) is 4.39. The third kappa shape index (κ3) is 4.40. The van der Waals surface area contributed by atoms with Gasteiger partial charge in [0.25, 0.3) is 0 Å². The second kappa shape index (κ2) is 6.74. The van der Waals surface area contributed by atoms with Crippen LogP contribution in [0.4, 0.5) is 0 Å². The first-order valence-corrected chi connectivity index (χ1v) is 6.37. The molecular weight excluding hydrogens is 222 g/mol. The number of nitrogens with zero attached hydrogens (tertiary/aromatic N) is 1. The van der Waals surface area contributed by atoms with Gasteiger partial charge in [0.05, 0.1) is 6.61 Å². The number of aryl methyl sites for hydroxylation is 1. The lowest BCUT2D eigenvalue weighted by atomic mass is 10.2. The van der Waals surface area contributed by atoms with Crippen LogP contribution < -0.4 is 4.74 Å². The van der Waals surface area contributed by atoms with Crippen molar-refractivity contribution in [3.05, 3.63) is 23.4 Å². The quantitative estimate of drug-likeness (QED) is 0.707. The average Bonchev–Trinajstić information content (AvgIpc) is 2.26. The number of halogens is 1. The molecule has 0 spiro atoms. The maximum absolute atomic E-state index is 5.85. The van der Waals surface area contributed by atoms with Crippen LogP contribution in [0.3, 0.4) is 0 Å². The minimum absolute atomic E-state index is 0.510. The van der Waals surface area contributed by atoms with Gasteiger partial charge < -0.3 is 4.74 Å². The molecule has 0 saturated heterocycles. The first-order valence-electron chi connectivity index (χ1n) is 5.84. The number of hydrogen-bond donors (Lipinski definition) is 0. The summed E-state index contributed by atoms with van der Waals surface area (Å²) in [5, 5.41) is 0. The van der Waals surface area contributed by atoms with Crippen LogP contribution in [0, 0.1) is 5.92 Å². The van der Waals surface area contributed by atoms with Gasteiger partial charge in [0, 0.05) is 17.6 Å². The third-order valence-electron chi connectivity index (χ3n) is 2.14. The van der Waals surface area contributed by atoms with Gasteiger partial charge in [-0.3, -0.25) is 0 Å². The fourth-order valence-electron chi connectivity index (χ4n) is 1.41. The molecule has 0 amide bonds. The SMILES string of the molecule is CCCc1cc(CCl)cc(OCC(C)C)n1. The van der Waals surface area contributed by atoms with Gasteiger partial charge in [0.2, 0.25) is 5.88 Å². The number of rotatable bonds is 6. The third-order valence-corrected chi connectivity index (χ3v) is 2.45. The molecule has 0 unspecified atom stereocenters. The Kier molecular flexibility index (Phi) is 5.61. The van der Waals surface area contributed by atoms with Gasteiger partial charge in [0.1, 0.15) is 0 Å². The van der Waals surface area contributed by atoms with Crippen LogP contribution in [0.15, 0.2) is 12.1 Å². The molecule has 0 fully saturated rings. The molecule has 0 aliphatic heterocycles. The van der Waals surface area contributed by atoms with Crippen molar-refractivity contribution in [2.45, 2.75) is 39.5 Å². The molecule has 2 nitrogen and oxygen atoms in total. The predicted octanol–water partition coefficient (Wildman–Crippen LogP) is 3.81. The standard InChI is InChI=1S/C13H20ClNO/c1-4-5-12-6-11(8-14)7-13(15-12)16-9-10(2)3/h6-7,10H,4-5,8-9H2,1-3H3. The molecule has 0 atom stereocenters. The van der Waals surface area contributed by atoms with E-state index in [0.29, 0.717) is 24.3 Å². The van der Waals surface area contributed by atoms with E-state index in [-0.39, 0.29) is 0 Å². The zero-order valence-corrected chi connectivity index (χ0v) is 11.0. The minimum Gasteiger partial charge on any atom is -0.477 e. The Balaban J connectivity index is 2.77. The normalized spacial score (nSPS) is 10.8. The highest BCUT2D eigenvalue weighted by molar-refractivity contribution is 6.17. The van der Waals surface area contributed by atoms with Gasteiger partial charge in [0.15, 0.2) is 0 Å². The molecule has 0 aromatic carbocycles. The Morgan fingerprint density at radius 1 is 1.38 bits per heavy atom. The van der Waals surface area contributed by atoms with E-state index < -0.39 is 0 Å². The van der Waals surface area contributed by atoms with Crippen molar-refractivity contribution >= 4 is 11.6 Å². The van der Waals surface area contributed by atoms with Crippen LogP contribution in [-0.2, 0) is 12.3 Å². The zero-order chi connectivity index (χ0) is 12.0. The molecule has 1 rings (SSSR count). The van der Waals surface area contributed by atoms with Gasteiger partial charge in [-0.25, -0.2) is 4.98 Å². The molecule has 0 saturated carbocycles. The number of ether oxygens (including phenoxy) is 1. The van der Waals surface area contributed by atoms with E-state index >= 15 is 0 Å². The number of hydrogen-bond acceptors (Lipinski definition) is 2. The van der Waals surface area contributed by atoms with Crippen molar-refractivity contribution in [2.24, 2.45) is 5.92 Å². The van der Waals surface area contributed by atoms with Gasteiger partial charge in [-0.1, -0.05) is 27.2 Å². The van der Waals surface area contributed by atoms with Crippen LogP contribution in [0.5, 0.6) is 5.88 Å². The van der Waals surface area contributed by atoms with Crippen molar-refractivity contribution in [3.8, 4) is 5.88 Å². The van der Waals surface area contributed by atoms with Gasteiger partial charge in [-0.15, -0.1) is 11.6 Å². The highest BCUT2D eigenvalue weighted by Crippen LogP contribution is 2.16. The molecule has 1 heterocycles. The molecule has 1 aromatic heterocycles. The van der Waals surface area contributed by atoms with E-state index in [9.17, 15) is 0 Å². The van der Waals surface area contributed by atoms with Crippen molar-refractivity contribution in [2.75, 3.05) is 6.61 Å². The molecule has 0 N–H and O–H groups in total. The monoisotopic (exact) mass is 241 g/mol. The molecule has 0 bridgehead atoms. The molecule has 16 heavy (non-hydrogen) atoms. The van der Waals surface area contributed by atoms with E-state index in [0.717, 1.165) is 24.1 Å². The van der Waals surface area contributed by atoms with Gasteiger partial charge in [-0.2, -0.15) is 0 Å². The number of pyridine rings is 1. The van der Waals surface area contributed by atoms with E-state index in [4.69, 9.17) is 16.3 Å². The molecule has 0 radical (unpaired) electrons. The molecular formula is C13H20ClNO. The number of alkyl halides is 1. The van der Waals surface area contributed by atoms with Crippen molar-refractivity contribution < 1.29 is 4.74 Å². The fraction of sp³-hybridized carbons (Fsp3) is 0.615. The Labute approximate surface area is 103 Å². The average molecular weight is 242 g/mol. The first-order chi connectivity index (χ1) is 7.65. The van der Waals surface area contributed by atoms with Crippen molar-refractivity contribution in [1.82, 2.24) is 4.98 Å². The maximum Gasteiger partial charge on any atom is 0.213 e. The Morgan fingerprint density at radius 2 is 2.12 bits per heavy atom. The summed E-state index contributed by atoms with van der Waals surface area (Å²) in [6.45, 7) is 7.09. The summed E-state index contributed by atoms with van der Waals surface area (Å²) >= 11 is 5.85. The lowest BCUT2D eigenvalue weighted by Gasteiger charge is -2.10. The predicted molar refractivity (Wildman–Crippen MR) is 68.1 cm³/mol. The summed E-state index contributed by atoms with van der Waals surface area (Å²) in [6.07, 6.45) is 2.06. The largest absolute Gasteiger partial charge is 0.477 e. The Bertz CT molecular complexity index is 326. The van der Waals surface area contributed by atoms with Crippen LogP contribution in [-0.4, -0.2) is 11.6 Å². The summed E-state index contributed by atoms with van der Waals surface area (Å²) in [5.41, 5.74) is 2.15. The van der Waals surface area contributed by atoms with Crippen LogP contribution >= 0.6 is 11.6 Å². The topological polar surface area (TPSA) is 22.1 Å². The second-order valence-corrected chi connectivity index (χ2v) is 4.66. The van der Waals surface area contributed by atoms with E-state index in [1.807, 2.05) is 6.07 Å². The molecule has 3 heteroatoms. The summed E-state index contributed by atoms with van der Waals surface area (Å²) in [6, 6.07) is 3.98. The summed E-state index contributed by atoms with van der Waals surface area (Å²) in [4.78, 5) is 4.46. The first kappa shape index (κ1) is 13.3. The smallest absolute Gasteiger partial charge is 0.213 e. The molecule has 0 aliphatic rings. The van der Waals surface area contributed by atoms with E-state index in [1.54, 1.807) is 0 Å². The van der Waals surface area contributed by atoms with Crippen molar-refractivity contribution in [3.63, 3.8) is 0 Å². The summed E-state index contributed by atoms with van der Waals surface area (Å²) in [7, 11) is 0. The van der Waals surface area contributed by atoms with Crippen molar-refractivity contribution in [1.29, 1.82) is 0 Å². The van der Waals surface area contributed by atoms with Gasteiger partial charge >= 0.3 is 0 Å². The Hall–Kier alpha value is -0.760. The zero-order valence-electron chi connectivity index (χ0n) is 10.3. The maximum atomic E-state index is 5.85.